The summed E-state index contributed by atoms with van der Waals surface area (Å²) in [4.78, 5) is 12.5. The molecule has 1 fully saturated rings. The Balaban J connectivity index is 1.77. The first-order valence-corrected chi connectivity index (χ1v) is 11.6. The van der Waals surface area contributed by atoms with Crippen LogP contribution in [0.4, 0.5) is 0 Å². The van der Waals surface area contributed by atoms with Crippen molar-refractivity contribution in [3.63, 3.8) is 0 Å². The van der Waals surface area contributed by atoms with E-state index in [2.05, 4.69) is 12.0 Å². The Morgan fingerprint density at radius 2 is 1.90 bits per heavy atom. The molecule has 29 heavy (non-hydrogen) atoms. The van der Waals surface area contributed by atoms with Crippen LogP contribution in [-0.4, -0.2) is 48.2 Å². The van der Waals surface area contributed by atoms with Crippen molar-refractivity contribution in [2.75, 3.05) is 19.7 Å². The average Bonchev–Trinajstić information content (AvgIpc) is 3.13. The number of hydrogen-bond donors (Lipinski definition) is 0. The van der Waals surface area contributed by atoms with Crippen LogP contribution in [0.25, 0.3) is 0 Å². The summed E-state index contributed by atoms with van der Waals surface area (Å²) in [6.45, 7) is 6.84. The molecule has 0 saturated carbocycles. The SMILES string of the molecule is CCCc1cc(C(=O)OCC)nn1C1CCN(S(=O)(=O)c2ccccc2C)CC1. The lowest BCUT2D eigenvalue weighted by molar-refractivity contribution is 0.0517. The Morgan fingerprint density at radius 3 is 2.52 bits per heavy atom. The third-order valence-electron chi connectivity index (χ3n) is 5.28. The Labute approximate surface area is 172 Å². The van der Waals surface area contributed by atoms with E-state index in [4.69, 9.17) is 4.74 Å². The van der Waals surface area contributed by atoms with Gasteiger partial charge in [0.15, 0.2) is 5.69 Å². The molecule has 1 saturated heterocycles. The van der Waals surface area contributed by atoms with E-state index in [1.54, 1.807) is 29.4 Å². The van der Waals surface area contributed by atoms with Crippen molar-refractivity contribution < 1.29 is 17.9 Å². The summed E-state index contributed by atoms with van der Waals surface area (Å²) in [5, 5.41) is 4.50. The zero-order valence-corrected chi connectivity index (χ0v) is 18.1. The fraction of sp³-hybridized carbons (Fsp3) is 0.524. The van der Waals surface area contributed by atoms with Crippen molar-refractivity contribution in [3.8, 4) is 0 Å². The van der Waals surface area contributed by atoms with Crippen LogP contribution in [-0.2, 0) is 21.2 Å². The average molecular weight is 420 g/mol. The second-order valence-electron chi connectivity index (χ2n) is 7.34. The first-order chi connectivity index (χ1) is 13.9. The Morgan fingerprint density at radius 1 is 1.21 bits per heavy atom. The largest absolute Gasteiger partial charge is 0.461 e. The third kappa shape index (κ3) is 4.53. The van der Waals surface area contributed by atoms with Crippen LogP contribution < -0.4 is 0 Å². The number of ether oxygens (including phenoxy) is 1. The topological polar surface area (TPSA) is 81.5 Å². The van der Waals surface area contributed by atoms with Gasteiger partial charge in [0, 0.05) is 18.8 Å². The predicted molar refractivity (Wildman–Crippen MR) is 110 cm³/mol. The zero-order chi connectivity index (χ0) is 21.0. The Kier molecular flexibility index (Phi) is 6.74. The van der Waals surface area contributed by atoms with E-state index < -0.39 is 16.0 Å². The normalized spacial score (nSPS) is 16.1. The van der Waals surface area contributed by atoms with Gasteiger partial charge in [-0.3, -0.25) is 4.68 Å². The maximum atomic E-state index is 13.0. The third-order valence-corrected chi connectivity index (χ3v) is 7.34. The van der Waals surface area contributed by atoms with Gasteiger partial charge in [0.2, 0.25) is 10.0 Å². The minimum Gasteiger partial charge on any atom is -0.461 e. The molecule has 7 nitrogen and oxygen atoms in total. The summed E-state index contributed by atoms with van der Waals surface area (Å²) in [5.41, 5.74) is 2.08. The van der Waals surface area contributed by atoms with Gasteiger partial charge in [-0.25, -0.2) is 13.2 Å². The first kappa shape index (κ1) is 21.5. The number of carbonyl (C=O) groups excluding carboxylic acids is 1. The van der Waals surface area contributed by atoms with Gasteiger partial charge in [0.05, 0.1) is 17.5 Å². The summed E-state index contributed by atoms with van der Waals surface area (Å²) < 4.78 is 34.6. The van der Waals surface area contributed by atoms with Crippen LogP contribution in [0.2, 0.25) is 0 Å². The van der Waals surface area contributed by atoms with Gasteiger partial charge < -0.3 is 4.74 Å². The highest BCUT2D eigenvalue weighted by atomic mass is 32.2. The van der Waals surface area contributed by atoms with Crippen molar-refractivity contribution in [2.24, 2.45) is 0 Å². The molecular formula is C21H29N3O4S. The predicted octanol–water partition coefficient (Wildman–Crippen LogP) is 3.35. The number of sulfonamides is 1. The number of rotatable bonds is 7. The highest BCUT2D eigenvalue weighted by Gasteiger charge is 2.32. The molecule has 2 heterocycles. The first-order valence-electron chi connectivity index (χ1n) is 10.2. The molecule has 0 radical (unpaired) electrons. The molecule has 1 aliphatic rings. The molecular weight excluding hydrogens is 390 g/mol. The number of hydrogen-bond acceptors (Lipinski definition) is 5. The lowest BCUT2D eigenvalue weighted by atomic mass is 10.1. The maximum absolute atomic E-state index is 13.0. The number of benzene rings is 1. The quantitative estimate of drug-likeness (QED) is 0.643. The van der Waals surface area contributed by atoms with Gasteiger partial charge >= 0.3 is 5.97 Å². The zero-order valence-electron chi connectivity index (χ0n) is 17.3. The van der Waals surface area contributed by atoms with E-state index in [1.807, 2.05) is 23.7 Å². The molecule has 1 aliphatic heterocycles. The summed E-state index contributed by atoms with van der Waals surface area (Å²) in [7, 11) is -3.50. The van der Waals surface area contributed by atoms with Crippen molar-refractivity contribution >= 4 is 16.0 Å². The minimum atomic E-state index is -3.50. The van der Waals surface area contributed by atoms with Crippen molar-refractivity contribution in [3.05, 3.63) is 47.3 Å². The van der Waals surface area contributed by atoms with Gasteiger partial charge in [-0.05, 0) is 50.8 Å². The van der Waals surface area contributed by atoms with E-state index in [0.717, 1.165) is 24.1 Å². The fourth-order valence-electron chi connectivity index (χ4n) is 3.81. The number of piperidine rings is 1. The van der Waals surface area contributed by atoms with Gasteiger partial charge in [0.1, 0.15) is 0 Å². The molecule has 0 spiro atoms. The van der Waals surface area contributed by atoms with E-state index in [0.29, 0.717) is 43.1 Å². The Hall–Kier alpha value is -2.19. The van der Waals surface area contributed by atoms with E-state index in [-0.39, 0.29) is 6.04 Å². The van der Waals surface area contributed by atoms with Gasteiger partial charge in [-0.15, -0.1) is 0 Å². The van der Waals surface area contributed by atoms with E-state index in [9.17, 15) is 13.2 Å². The summed E-state index contributed by atoms with van der Waals surface area (Å²) in [6.07, 6.45) is 3.07. The molecule has 0 amide bonds. The molecule has 0 aliphatic carbocycles. The molecule has 0 N–H and O–H groups in total. The lowest BCUT2D eigenvalue weighted by Crippen LogP contribution is -2.39. The maximum Gasteiger partial charge on any atom is 0.358 e. The van der Waals surface area contributed by atoms with Crippen LogP contribution >= 0.6 is 0 Å². The van der Waals surface area contributed by atoms with Crippen LogP contribution in [0.1, 0.15) is 60.9 Å². The number of aromatic nitrogens is 2. The molecule has 0 unspecified atom stereocenters. The van der Waals surface area contributed by atoms with Gasteiger partial charge in [-0.1, -0.05) is 31.5 Å². The van der Waals surface area contributed by atoms with Crippen LogP contribution in [0.3, 0.4) is 0 Å². The standard InChI is InChI=1S/C21H29N3O4S/c1-4-8-18-15-19(21(25)28-5-2)22-24(18)17-11-13-23(14-12-17)29(26,27)20-10-7-6-9-16(20)3/h6-7,9-10,15,17H,4-5,8,11-14H2,1-3H3. The number of carbonyl (C=O) groups is 1. The molecule has 3 rings (SSSR count). The summed E-state index contributed by atoms with van der Waals surface area (Å²) >= 11 is 0. The number of aryl methyl sites for hydroxylation is 2. The second kappa shape index (κ2) is 9.09. The molecule has 1 aromatic carbocycles. The van der Waals surface area contributed by atoms with E-state index in [1.165, 1.54) is 0 Å². The summed E-state index contributed by atoms with van der Waals surface area (Å²) in [5.74, 6) is -0.414. The molecule has 1 aromatic heterocycles. The molecule has 2 aromatic rings. The van der Waals surface area contributed by atoms with Gasteiger partial charge in [-0.2, -0.15) is 9.40 Å². The highest BCUT2D eigenvalue weighted by molar-refractivity contribution is 7.89. The molecule has 0 atom stereocenters. The van der Waals surface area contributed by atoms with Gasteiger partial charge in [0.25, 0.3) is 0 Å². The molecule has 8 heteroatoms. The minimum absolute atomic E-state index is 0.0723. The second-order valence-corrected chi connectivity index (χ2v) is 9.24. The fourth-order valence-corrected chi connectivity index (χ4v) is 5.50. The number of nitrogens with zero attached hydrogens (tertiary/aromatic N) is 3. The lowest BCUT2D eigenvalue weighted by Gasteiger charge is -2.32. The monoisotopic (exact) mass is 419 g/mol. The number of esters is 1. The van der Waals surface area contributed by atoms with Crippen LogP contribution in [0.15, 0.2) is 35.2 Å². The smallest absolute Gasteiger partial charge is 0.358 e. The van der Waals surface area contributed by atoms with Crippen molar-refractivity contribution in [1.82, 2.24) is 14.1 Å². The van der Waals surface area contributed by atoms with Crippen LogP contribution in [0.5, 0.6) is 0 Å². The van der Waals surface area contributed by atoms with Crippen molar-refractivity contribution in [1.29, 1.82) is 0 Å². The highest BCUT2D eigenvalue weighted by Crippen LogP contribution is 2.29. The Bertz CT molecular complexity index is 960. The van der Waals surface area contributed by atoms with E-state index >= 15 is 0 Å². The van der Waals surface area contributed by atoms with Crippen molar-refractivity contribution in [2.45, 2.75) is 57.4 Å². The molecule has 0 bridgehead atoms. The molecule has 158 valence electrons. The van der Waals surface area contributed by atoms with Crippen LogP contribution in [0, 0.1) is 6.92 Å². The summed E-state index contributed by atoms with van der Waals surface area (Å²) in [6, 6.07) is 8.95.